The second kappa shape index (κ2) is 4.97. The van der Waals surface area contributed by atoms with Crippen molar-refractivity contribution in [1.29, 1.82) is 5.26 Å². The molecule has 1 N–H and O–H groups in total. The van der Waals surface area contributed by atoms with Crippen molar-refractivity contribution in [3.8, 4) is 17.2 Å². The molecule has 0 bridgehead atoms. The summed E-state index contributed by atoms with van der Waals surface area (Å²) in [6.07, 6.45) is 6.73. The standard InChI is InChI=1S/C17H17N3/c1-13-9-15(11-19-10-13)14-3-5-16(6-4-14)20-17(12-18)7-2-8-17/h3-6,9-11,20H,2,7-8H2,1H3. The van der Waals surface area contributed by atoms with Gasteiger partial charge in [-0.05, 0) is 55.5 Å². The molecule has 2 aromatic rings. The zero-order valence-electron chi connectivity index (χ0n) is 11.6. The first kappa shape index (κ1) is 12.7. The first-order valence-electron chi connectivity index (χ1n) is 6.92. The number of benzene rings is 1. The van der Waals surface area contributed by atoms with Crippen LogP contribution in [0.5, 0.6) is 0 Å². The summed E-state index contributed by atoms with van der Waals surface area (Å²) >= 11 is 0. The van der Waals surface area contributed by atoms with Crippen molar-refractivity contribution in [1.82, 2.24) is 4.98 Å². The van der Waals surface area contributed by atoms with Crippen molar-refractivity contribution >= 4 is 5.69 Å². The number of hydrogen-bond acceptors (Lipinski definition) is 3. The highest BCUT2D eigenvalue weighted by atomic mass is 15.0. The summed E-state index contributed by atoms with van der Waals surface area (Å²) in [6.45, 7) is 2.04. The molecule has 1 saturated carbocycles. The largest absolute Gasteiger partial charge is 0.367 e. The highest BCUT2D eigenvalue weighted by molar-refractivity contribution is 5.66. The first-order chi connectivity index (χ1) is 9.71. The molecule has 0 atom stereocenters. The molecule has 1 fully saturated rings. The Balaban J connectivity index is 1.80. The third kappa shape index (κ3) is 2.37. The minimum Gasteiger partial charge on any atom is -0.367 e. The molecule has 3 nitrogen and oxygen atoms in total. The molecule has 20 heavy (non-hydrogen) atoms. The van der Waals surface area contributed by atoms with Gasteiger partial charge in [-0.3, -0.25) is 4.98 Å². The van der Waals surface area contributed by atoms with Gasteiger partial charge in [0.05, 0.1) is 6.07 Å². The summed E-state index contributed by atoms with van der Waals surface area (Å²) in [4.78, 5) is 4.22. The van der Waals surface area contributed by atoms with Gasteiger partial charge < -0.3 is 5.32 Å². The van der Waals surface area contributed by atoms with Gasteiger partial charge in [0.15, 0.2) is 0 Å². The van der Waals surface area contributed by atoms with Crippen LogP contribution in [0.4, 0.5) is 5.69 Å². The van der Waals surface area contributed by atoms with E-state index in [1.54, 1.807) is 0 Å². The molecule has 0 radical (unpaired) electrons. The van der Waals surface area contributed by atoms with E-state index in [1.165, 1.54) is 0 Å². The Morgan fingerprint density at radius 3 is 2.45 bits per heavy atom. The molecule has 1 aromatic carbocycles. The summed E-state index contributed by atoms with van der Waals surface area (Å²) in [5.74, 6) is 0. The summed E-state index contributed by atoms with van der Waals surface area (Å²) in [7, 11) is 0. The lowest BCUT2D eigenvalue weighted by molar-refractivity contribution is 0.356. The smallest absolute Gasteiger partial charge is 0.125 e. The zero-order valence-corrected chi connectivity index (χ0v) is 11.6. The molecule has 1 aliphatic carbocycles. The van der Waals surface area contributed by atoms with E-state index >= 15 is 0 Å². The third-order valence-electron chi connectivity index (χ3n) is 3.90. The van der Waals surface area contributed by atoms with Gasteiger partial charge in [-0.1, -0.05) is 12.1 Å². The Bertz CT molecular complexity index is 649. The van der Waals surface area contributed by atoms with E-state index in [1.807, 2.05) is 31.5 Å². The summed E-state index contributed by atoms with van der Waals surface area (Å²) < 4.78 is 0. The SMILES string of the molecule is Cc1cncc(-c2ccc(NC3(C#N)CCC3)cc2)c1. The van der Waals surface area contributed by atoms with Gasteiger partial charge in [-0.2, -0.15) is 5.26 Å². The Kier molecular flexibility index (Phi) is 3.15. The zero-order chi connectivity index (χ0) is 14.0. The molecule has 0 unspecified atom stereocenters. The van der Waals surface area contributed by atoms with Crippen molar-refractivity contribution < 1.29 is 0 Å². The molecule has 100 valence electrons. The Labute approximate surface area is 119 Å². The van der Waals surface area contributed by atoms with E-state index in [2.05, 4.69) is 34.6 Å². The van der Waals surface area contributed by atoms with Gasteiger partial charge in [0.1, 0.15) is 5.54 Å². The summed E-state index contributed by atoms with van der Waals surface area (Å²) in [6, 6.07) is 12.7. The first-order valence-corrected chi connectivity index (χ1v) is 6.92. The van der Waals surface area contributed by atoms with Crippen LogP contribution in [0.15, 0.2) is 42.7 Å². The molecular weight excluding hydrogens is 246 g/mol. The van der Waals surface area contributed by atoms with Crippen LogP contribution in [-0.2, 0) is 0 Å². The average Bonchev–Trinajstić information content (AvgIpc) is 2.44. The van der Waals surface area contributed by atoms with E-state index in [0.29, 0.717) is 0 Å². The molecule has 0 saturated heterocycles. The molecule has 0 aliphatic heterocycles. The molecule has 3 heteroatoms. The van der Waals surface area contributed by atoms with Crippen LogP contribution < -0.4 is 5.32 Å². The number of aromatic nitrogens is 1. The number of aryl methyl sites for hydroxylation is 1. The maximum atomic E-state index is 9.24. The lowest BCUT2D eigenvalue weighted by Crippen LogP contribution is -2.43. The quantitative estimate of drug-likeness (QED) is 0.913. The second-order valence-corrected chi connectivity index (χ2v) is 5.50. The van der Waals surface area contributed by atoms with Gasteiger partial charge in [0.25, 0.3) is 0 Å². The highest BCUT2D eigenvalue weighted by Crippen LogP contribution is 2.35. The van der Waals surface area contributed by atoms with Crippen LogP contribution in [0.1, 0.15) is 24.8 Å². The minimum atomic E-state index is -0.341. The lowest BCUT2D eigenvalue weighted by atomic mass is 9.78. The van der Waals surface area contributed by atoms with Crippen LogP contribution >= 0.6 is 0 Å². The van der Waals surface area contributed by atoms with Crippen molar-refractivity contribution in [2.24, 2.45) is 0 Å². The predicted molar refractivity (Wildman–Crippen MR) is 80.2 cm³/mol. The highest BCUT2D eigenvalue weighted by Gasteiger charge is 2.36. The topological polar surface area (TPSA) is 48.7 Å². The third-order valence-corrected chi connectivity index (χ3v) is 3.90. The number of pyridine rings is 1. The van der Waals surface area contributed by atoms with Crippen LogP contribution in [0, 0.1) is 18.3 Å². The van der Waals surface area contributed by atoms with E-state index in [9.17, 15) is 5.26 Å². The minimum absolute atomic E-state index is 0.341. The molecule has 1 aromatic heterocycles. The van der Waals surface area contributed by atoms with E-state index < -0.39 is 0 Å². The summed E-state index contributed by atoms with van der Waals surface area (Å²) in [5.41, 5.74) is 4.09. The van der Waals surface area contributed by atoms with Gasteiger partial charge in [-0.25, -0.2) is 0 Å². The fourth-order valence-corrected chi connectivity index (χ4v) is 2.53. The molecule has 1 heterocycles. The number of anilines is 1. The number of nitrogens with one attached hydrogen (secondary N) is 1. The van der Waals surface area contributed by atoms with Crippen LogP contribution in [-0.4, -0.2) is 10.5 Å². The van der Waals surface area contributed by atoms with E-state index in [0.717, 1.165) is 41.6 Å². The molecule has 0 spiro atoms. The van der Waals surface area contributed by atoms with Crippen molar-refractivity contribution in [2.75, 3.05) is 5.32 Å². The fraction of sp³-hybridized carbons (Fsp3) is 0.294. The van der Waals surface area contributed by atoms with Crippen LogP contribution in [0.25, 0.3) is 11.1 Å². The second-order valence-electron chi connectivity index (χ2n) is 5.50. The lowest BCUT2D eigenvalue weighted by Gasteiger charge is -2.36. The molecular formula is C17H17N3. The number of rotatable bonds is 3. The monoisotopic (exact) mass is 263 g/mol. The number of hydrogen-bond donors (Lipinski definition) is 1. The normalized spacial score (nSPS) is 16.0. The molecule has 3 rings (SSSR count). The number of nitrogens with zero attached hydrogens (tertiary/aromatic N) is 2. The Morgan fingerprint density at radius 2 is 1.90 bits per heavy atom. The van der Waals surface area contributed by atoms with Crippen molar-refractivity contribution in [3.63, 3.8) is 0 Å². The van der Waals surface area contributed by atoms with E-state index in [-0.39, 0.29) is 5.54 Å². The van der Waals surface area contributed by atoms with Crippen LogP contribution in [0.2, 0.25) is 0 Å². The van der Waals surface area contributed by atoms with Gasteiger partial charge in [0, 0.05) is 23.6 Å². The average molecular weight is 263 g/mol. The Hall–Kier alpha value is -2.34. The van der Waals surface area contributed by atoms with Gasteiger partial charge >= 0.3 is 0 Å². The van der Waals surface area contributed by atoms with Gasteiger partial charge in [0.2, 0.25) is 0 Å². The number of nitriles is 1. The molecule has 1 aliphatic rings. The van der Waals surface area contributed by atoms with Crippen LogP contribution in [0.3, 0.4) is 0 Å². The fourth-order valence-electron chi connectivity index (χ4n) is 2.53. The predicted octanol–water partition coefficient (Wildman–Crippen LogP) is 3.92. The van der Waals surface area contributed by atoms with Gasteiger partial charge in [-0.15, -0.1) is 0 Å². The molecule has 0 amide bonds. The maximum Gasteiger partial charge on any atom is 0.125 e. The van der Waals surface area contributed by atoms with E-state index in [4.69, 9.17) is 0 Å². The summed E-state index contributed by atoms with van der Waals surface area (Å²) in [5, 5.41) is 12.6. The van der Waals surface area contributed by atoms with Crippen molar-refractivity contribution in [3.05, 3.63) is 48.3 Å². The van der Waals surface area contributed by atoms with Crippen molar-refractivity contribution in [2.45, 2.75) is 31.7 Å². The maximum absolute atomic E-state index is 9.24. The Morgan fingerprint density at radius 1 is 1.15 bits per heavy atom.